The molecule has 0 spiro atoms. The maximum absolute atomic E-state index is 13.4. The van der Waals surface area contributed by atoms with Crippen LogP contribution in [-0.4, -0.2) is 37.9 Å². The van der Waals surface area contributed by atoms with Crippen LogP contribution >= 0.6 is 23.8 Å². The third kappa shape index (κ3) is 4.15. The fourth-order valence-corrected chi connectivity index (χ4v) is 4.03. The largest absolute Gasteiger partial charge is 0.317 e. The first-order valence-corrected chi connectivity index (χ1v) is 10.7. The van der Waals surface area contributed by atoms with Crippen LogP contribution in [-0.2, 0) is 9.59 Å². The molecule has 0 bridgehead atoms. The molecule has 2 heterocycles. The second kappa shape index (κ2) is 8.97. The molecule has 1 saturated heterocycles. The molecule has 2 aromatic carbocycles. The Morgan fingerprint density at radius 1 is 1.00 bits per heavy atom. The Hall–Kier alpha value is -3.82. The average molecular weight is 481 g/mol. The molecule has 8 nitrogen and oxygen atoms in total. The summed E-state index contributed by atoms with van der Waals surface area (Å²) in [6.45, 7) is 2.06. The highest BCUT2D eigenvalue weighted by molar-refractivity contribution is 7.80. The molecule has 1 fully saturated rings. The molecule has 166 valence electrons. The number of rotatable bonds is 5. The Bertz CT molecular complexity index is 1300. The van der Waals surface area contributed by atoms with Crippen molar-refractivity contribution in [3.8, 4) is 5.69 Å². The highest BCUT2D eigenvalue weighted by Crippen LogP contribution is 2.28. The summed E-state index contributed by atoms with van der Waals surface area (Å²) in [5.74, 6) is -1.04. The lowest BCUT2D eigenvalue weighted by Crippen LogP contribution is -2.56. The van der Waals surface area contributed by atoms with E-state index < -0.39 is 16.7 Å². The number of benzene rings is 2. The number of anilines is 1. The molecule has 3 aromatic rings. The van der Waals surface area contributed by atoms with E-state index in [0.29, 0.717) is 22.1 Å². The van der Waals surface area contributed by atoms with Crippen molar-refractivity contribution in [2.75, 3.05) is 11.4 Å². The van der Waals surface area contributed by atoms with Crippen LogP contribution in [0.15, 0.2) is 72.4 Å². The Morgan fingerprint density at radius 2 is 1.64 bits per heavy atom. The van der Waals surface area contributed by atoms with Crippen LogP contribution in [0.25, 0.3) is 11.8 Å². The summed E-state index contributed by atoms with van der Waals surface area (Å²) < 4.78 is 1.73. The van der Waals surface area contributed by atoms with Gasteiger partial charge in [0.25, 0.3) is 17.5 Å². The maximum atomic E-state index is 13.4. The topological polar surface area (TPSA) is 88.7 Å². The lowest BCUT2D eigenvalue weighted by Gasteiger charge is -2.36. The predicted octanol–water partition coefficient (Wildman–Crippen LogP) is 4.60. The third-order valence-electron chi connectivity index (χ3n) is 5.14. The van der Waals surface area contributed by atoms with Crippen LogP contribution in [0.5, 0.6) is 0 Å². The molecule has 2 amide bonds. The molecule has 10 heteroatoms. The quantitative estimate of drug-likeness (QED) is 0.175. The predicted molar refractivity (Wildman–Crippen MR) is 129 cm³/mol. The summed E-state index contributed by atoms with van der Waals surface area (Å²) in [6, 6.07) is 16.1. The van der Waals surface area contributed by atoms with Gasteiger partial charge in [0.2, 0.25) is 0 Å². The molecule has 0 atom stereocenters. The van der Waals surface area contributed by atoms with Gasteiger partial charge in [-0.15, -0.1) is 0 Å². The summed E-state index contributed by atoms with van der Waals surface area (Å²) in [4.78, 5) is 39.6. The van der Waals surface area contributed by atoms with Crippen LogP contribution in [0.3, 0.4) is 0 Å². The van der Waals surface area contributed by atoms with E-state index in [4.69, 9.17) is 23.8 Å². The number of non-ortho nitro benzene ring substituents is 1. The van der Waals surface area contributed by atoms with E-state index in [9.17, 15) is 19.7 Å². The van der Waals surface area contributed by atoms with Crippen molar-refractivity contribution >= 4 is 58.2 Å². The van der Waals surface area contributed by atoms with Gasteiger partial charge in [0.05, 0.1) is 10.6 Å². The van der Waals surface area contributed by atoms with Crippen molar-refractivity contribution in [1.29, 1.82) is 0 Å². The number of carbonyl (C=O) groups excluding carboxylic acids is 2. The van der Waals surface area contributed by atoms with Crippen molar-refractivity contribution < 1.29 is 14.5 Å². The first-order valence-electron chi connectivity index (χ1n) is 9.91. The fraction of sp³-hybridized carbons (Fsp3) is 0.0870. The Balaban J connectivity index is 1.77. The molecule has 4 rings (SSSR count). The van der Waals surface area contributed by atoms with Gasteiger partial charge in [0, 0.05) is 41.3 Å². The molecule has 0 unspecified atom stereocenters. The Kier molecular flexibility index (Phi) is 6.08. The summed E-state index contributed by atoms with van der Waals surface area (Å²) in [5.41, 5.74) is 1.61. The molecular weight excluding hydrogens is 464 g/mol. The van der Waals surface area contributed by atoms with E-state index in [-0.39, 0.29) is 22.9 Å². The normalized spacial score (nSPS) is 15.5. The number of nitro groups is 1. The van der Waals surface area contributed by atoms with Gasteiger partial charge in [0.1, 0.15) is 5.57 Å². The minimum atomic E-state index is -0.548. The minimum absolute atomic E-state index is 0.0332. The van der Waals surface area contributed by atoms with Gasteiger partial charge < -0.3 is 4.57 Å². The number of hydrogen-bond acceptors (Lipinski definition) is 5. The standard InChI is InChI=1S/C23H17ClN4O4S/c1-2-25-21(29)20(22(30)27(23(25)33)17-7-5-15(24)6-8-17)14-19-4-3-13-26(19)16-9-11-18(12-10-16)28(31)32/h3-14H,2H2,1H3/b20-14+. The van der Waals surface area contributed by atoms with E-state index in [0.717, 1.165) is 0 Å². The van der Waals surface area contributed by atoms with Crippen LogP contribution in [0.4, 0.5) is 11.4 Å². The van der Waals surface area contributed by atoms with Gasteiger partial charge in [-0.3, -0.25) is 29.5 Å². The molecule has 1 aromatic heterocycles. The summed E-state index contributed by atoms with van der Waals surface area (Å²) in [7, 11) is 0. The van der Waals surface area contributed by atoms with Crippen molar-refractivity contribution in [3.63, 3.8) is 0 Å². The zero-order valence-corrected chi connectivity index (χ0v) is 18.9. The van der Waals surface area contributed by atoms with E-state index in [1.165, 1.54) is 28.0 Å². The monoisotopic (exact) mass is 480 g/mol. The zero-order chi connectivity index (χ0) is 23.7. The second-order valence-corrected chi connectivity index (χ2v) is 7.89. The van der Waals surface area contributed by atoms with Crippen molar-refractivity contribution in [1.82, 2.24) is 9.47 Å². The van der Waals surface area contributed by atoms with Crippen LogP contribution < -0.4 is 4.90 Å². The average Bonchev–Trinajstić information content (AvgIpc) is 3.26. The Morgan fingerprint density at radius 3 is 2.24 bits per heavy atom. The van der Waals surface area contributed by atoms with Gasteiger partial charge in [-0.1, -0.05) is 11.6 Å². The summed E-state index contributed by atoms with van der Waals surface area (Å²) in [5, 5.41) is 11.5. The smallest absolute Gasteiger partial charge is 0.270 e. The van der Waals surface area contributed by atoms with Crippen molar-refractivity contribution in [2.45, 2.75) is 6.92 Å². The third-order valence-corrected chi connectivity index (χ3v) is 5.80. The van der Waals surface area contributed by atoms with Crippen LogP contribution in [0.2, 0.25) is 5.02 Å². The number of nitro benzene ring substituents is 1. The van der Waals surface area contributed by atoms with Crippen LogP contribution in [0.1, 0.15) is 12.6 Å². The SMILES string of the molecule is CCN1C(=O)/C(=C\c2cccn2-c2ccc([N+](=O)[O-])cc2)C(=O)N(c2ccc(Cl)cc2)C1=S. The van der Waals surface area contributed by atoms with Gasteiger partial charge in [-0.05, 0) is 73.7 Å². The van der Waals surface area contributed by atoms with Gasteiger partial charge in [-0.2, -0.15) is 0 Å². The molecule has 0 aliphatic carbocycles. The van der Waals surface area contributed by atoms with Gasteiger partial charge >= 0.3 is 0 Å². The van der Waals surface area contributed by atoms with E-state index in [2.05, 4.69) is 0 Å². The minimum Gasteiger partial charge on any atom is -0.317 e. The second-order valence-electron chi connectivity index (χ2n) is 7.08. The lowest BCUT2D eigenvalue weighted by molar-refractivity contribution is -0.384. The number of thiocarbonyl (C=S) groups is 1. The first-order chi connectivity index (χ1) is 15.8. The zero-order valence-electron chi connectivity index (χ0n) is 17.3. The summed E-state index contributed by atoms with van der Waals surface area (Å²) in [6.07, 6.45) is 3.24. The number of halogens is 1. The molecule has 0 saturated carbocycles. The molecule has 1 aliphatic heterocycles. The molecule has 0 N–H and O–H groups in total. The lowest BCUT2D eigenvalue weighted by atomic mass is 10.1. The number of nitrogens with zero attached hydrogens (tertiary/aromatic N) is 4. The highest BCUT2D eigenvalue weighted by Gasteiger charge is 2.39. The maximum Gasteiger partial charge on any atom is 0.270 e. The Labute approximate surface area is 199 Å². The van der Waals surface area contributed by atoms with Crippen molar-refractivity contribution in [2.24, 2.45) is 0 Å². The number of hydrogen-bond donors (Lipinski definition) is 0. The molecular formula is C23H17ClN4O4S. The van der Waals surface area contributed by atoms with Crippen molar-refractivity contribution in [3.05, 3.63) is 93.3 Å². The molecule has 33 heavy (non-hydrogen) atoms. The van der Waals surface area contributed by atoms with E-state index >= 15 is 0 Å². The van der Waals surface area contributed by atoms with Gasteiger partial charge in [-0.25, -0.2) is 0 Å². The highest BCUT2D eigenvalue weighted by atomic mass is 35.5. The number of amides is 2. The molecule has 0 radical (unpaired) electrons. The van der Waals surface area contributed by atoms with E-state index in [1.807, 2.05) is 0 Å². The summed E-state index contributed by atoms with van der Waals surface area (Å²) >= 11 is 11.4. The van der Waals surface area contributed by atoms with Gasteiger partial charge in [0.15, 0.2) is 5.11 Å². The fourth-order valence-electron chi connectivity index (χ4n) is 3.50. The number of carbonyl (C=O) groups is 2. The number of aromatic nitrogens is 1. The first kappa shape index (κ1) is 22.4. The van der Waals surface area contributed by atoms with E-state index in [1.54, 1.807) is 66.2 Å². The van der Waals surface area contributed by atoms with Crippen LogP contribution in [0, 0.1) is 10.1 Å². The number of likely N-dealkylation sites (N-methyl/N-ethyl adjacent to an activating group) is 1. The molecule has 1 aliphatic rings.